The standard InChI is InChI=1S/C27H29N3O7S/c1-3-21(4-2)37-27(33)24-14-13-20(18-29-24)26(32)30-38(34,35)23-12-8-9-19(17-23)25(31)28-15-16-36-22-10-6-5-7-11-22/h5-14,17-18,21H,3-4,15-16H2,1-2H3,(H,28,31)(H,30,32). The number of hydrogen-bond acceptors (Lipinski definition) is 8. The van der Waals surface area contributed by atoms with Gasteiger partial charge in [0.1, 0.15) is 24.2 Å². The normalized spacial score (nSPS) is 11.0. The van der Waals surface area contributed by atoms with Crippen molar-refractivity contribution in [2.75, 3.05) is 13.2 Å². The lowest BCUT2D eigenvalue weighted by Crippen LogP contribution is -2.31. The second-order valence-electron chi connectivity index (χ2n) is 8.16. The summed E-state index contributed by atoms with van der Waals surface area (Å²) < 4.78 is 38.4. The van der Waals surface area contributed by atoms with Gasteiger partial charge in [-0.05, 0) is 55.3 Å². The van der Waals surface area contributed by atoms with Crippen molar-refractivity contribution in [3.8, 4) is 5.75 Å². The van der Waals surface area contributed by atoms with E-state index >= 15 is 0 Å². The summed E-state index contributed by atoms with van der Waals surface area (Å²) in [6.07, 6.45) is 2.17. The highest BCUT2D eigenvalue weighted by Crippen LogP contribution is 2.14. The van der Waals surface area contributed by atoms with E-state index in [1.54, 1.807) is 12.1 Å². The zero-order valence-corrected chi connectivity index (χ0v) is 21.9. The minimum atomic E-state index is -4.30. The fourth-order valence-corrected chi connectivity index (χ4v) is 4.33. The Kier molecular flexibility index (Phi) is 9.94. The van der Waals surface area contributed by atoms with E-state index in [0.29, 0.717) is 18.6 Å². The molecule has 2 amide bonds. The van der Waals surface area contributed by atoms with Crippen LogP contribution in [0.1, 0.15) is 57.9 Å². The third-order valence-electron chi connectivity index (χ3n) is 5.45. The first kappa shape index (κ1) is 28.3. The molecule has 11 heteroatoms. The number of aromatic nitrogens is 1. The van der Waals surface area contributed by atoms with E-state index in [9.17, 15) is 22.8 Å². The summed E-state index contributed by atoms with van der Waals surface area (Å²) in [5, 5.41) is 2.66. The Morgan fingerprint density at radius 1 is 0.895 bits per heavy atom. The molecule has 0 spiro atoms. The molecule has 1 heterocycles. The molecule has 3 rings (SSSR count). The smallest absolute Gasteiger partial charge is 0.357 e. The maximum Gasteiger partial charge on any atom is 0.357 e. The molecular formula is C27H29N3O7S. The van der Waals surface area contributed by atoms with Crippen molar-refractivity contribution in [1.82, 2.24) is 15.0 Å². The van der Waals surface area contributed by atoms with Crippen molar-refractivity contribution in [3.63, 3.8) is 0 Å². The molecule has 3 aromatic rings. The number of pyridine rings is 1. The Balaban J connectivity index is 1.59. The molecule has 38 heavy (non-hydrogen) atoms. The zero-order valence-electron chi connectivity index (χ0n) is 21.0. The minimum Gasteiger partial charge on any atom is -0.492 e. The molecule has 0 unspecified atom stereocenters. The zero-order chi connectivity index (χ0) is 27.5. The number of nitrogens with one attached hydrogen (secondary N) is 2. The molecule has 0 bridgehead atoms. The second kappa shape index (κ2) is 13.3. The quantitative estimate of drug-likeness (QED) is 0.264. The van der Waals surface area contributed by atoms with E-state index in [2.05, 4.69) is 10.3 Å². The molecular weight excluding hydrogens is 510 g/mol. The van der Waals surface area contributed by atoms with Gasteiger partial charge in [-0.3, -0.25) is 9.59 Å². The fraction of sp³-hybridized carbons (Fsp3) is 0.259. The van der Waals surface area contributed by atoms with Crippen molar-refractivity contribution in [2.45, 2.75) is 37.7 Å². The summed E-state index contributed by atoms with van der Waals surface area (Å²) in [6, 6.07) is 17.0. The maximum absolute atomic E-state index is 12.8. The number of hydrogen-bond donors (Lipinski definition) is 2. The van der Waals surface area contributed by atoms with E-state index in [1.165, 1.54) is 30.3 Å². The van der Waals surface area contributed by atoms with Crippen molar-refractivity contribution in [2.24, 2.45) is 0 Å². The van der Waals surface area contributed by atoms with E-state index in [4.69, 9.17) is 9.47 Å². The first-order valence-corrected chi connectivity index (χ1v) is 13.5. The van der Waals surface area contributed by atoms with E-state index in [0.717, 1.165) is 12.3 Å². The second-order valence-corrected chi connectivity index (χ2v) is 9.84. The molecule has 0 aliphatic rings. The van der Waals surface area contributed by atoms with Gasteiger partial charge in [0.15, 0.2) is 0 Å². The highest BCUT2D eigenvalue weighted by molar-refractivity contribution is 7.90. The average Bonchev–Trinajstić information content (AvgIpc) is 2.94. The lowest BCUT2D eigenvalue weighted by atomic mass is 10.2. The number of amides is 2. The third-order valence-corrected chi connectivity index (χ3v) is 6.78. The van der Waals surface area contributed by atoms with Gasteiger partial charge in [0, 0.05) is 11.8 Å². The molecule has 2 N–H and O–H groups in total. The van der Waals surface area contributed by atoms with Crippen LogP contribution in [0.3, 0.4) is 0 Å². The number of nitrogens with zero attached hydrogens (tertiary/aromatic N) is 1. The number of carbonyl (C=O) groups excluding carboxylic acids is 3. The highest BCUT2D eigenvalue weighted by atomic mass is 32.2. The van der Waals surface area contributed by atoms with Crippen molar-refractivity contribution >= 4 is 27.8 Å². The van der Waals surface area contributed by atoms with Crippen LogP contribution in [0.25, 0.3) is 0 Å². The number of ether oxygens (including phenoxy) is 2. The Bertz CT molecular complexity index is 1360. The summed E-state index contributed by atoms with van der Waals surface area (Å²) in [7, 11) is -4.30. The third kappa shape index (κ3) is 7.87. The van der Waals surface area contributed by atoms with Gasteiger partial charge in [0.2, 0.25) is 0 Å². The van der Waals surface area contributed by atoms with Crippen molar-refractivity contribution in [3.05, 3.63) is 89.7 Å². The predicted octanol–water partition coefficient (Wildman–Crippen LogP) is 3.35. The predicted molar refractivity (Wildman–Crippen MR) is 139 cm³/mol. The van der Waals surface area contributed by atoms with Gasteiger partial charge in [-0.25, -0.2) is 22.9 Å². The molecule has 1 aromatic heterocycles. The molecule has 10 nitrogen and oxygen atoms in total. The average molecular weight is 540 g/mol. The van der Waals surface area contributed by atoms with Crippen LogP contribution >= 0.6 is 0 Å². The first-order chi connectivity index (χ1) is 18.2. The Morgan fingerprint density at radius 2 is 1.63 bits per heavy atom. The van der Waals surface area contributed by atoms with Gasteiger partial charge in [-0.2, -0.15) is 0 Å². The fourth-order valence-electron chi connectivity index (χ4n) is 3.31. The number of para-hydroxylation sites is 1. The Hall–Kier alpha value is -4.25. The molecule has 0 fully saturated rings. The Labute approximate surface area is 221 Å². The molecule has 0 aliphatic heterocycles. The van der Waals surface area contributed by atoms with Crippen LogP contribution in [0.15, 0.2) is 77.8 Å². The van der Waals surface area contributed by atoms with Crippen LogP contribution in [-0.2, 0) is 14.8 Å². The van der Waals surface area contributed by atoms with Crippen LogP contribution in [0.4, 0.5) is 0 Å². The first-order valence-electron chi connectivity index (χ1n) is 12.0. The van der Waals surface area contributed by atoms with Gasteiger partial charge in [0.05, 0.1) is 17.0 Å². The molecule has 2 aromatic carbocycles. The summed E-state index contributed by atoms with van der Waals surface area (Å²) in [6.45, 7) is 4.22. The largest absolute Gasteiger partial charge is 0.492 e. The number of esters is 1. The van der Waals surface area contributed by atoms with Crippen molar-refractivity contribution in [1.29, 1.82) is 0 Å². The molecule has 0 atom stereocenters. The van der Waals surface area contributed by atoms with Crippen LogP contribution in [0, 0.1) is 0 Å². The summed E-state index contributed by atoms with van der Waals surface area (Å²) in [5.41, 5.74) is 0.0335. The van der Waals surface area contributed by atoms with Gasteiger partial charge in [-0.15, -0.1) is 0 Å². The van der Waals surface area contributed by atoms with Crippen molar-refractivity contribution < 1.29 is 32.3 Å². The van der Waals surface area contributed by atoms with Crippen LogP contribution in [-0.4, -0.2) is 50.4 Å². The number of benzene rings is 2. The number of sulfonamides is 1. The monoisotopic (exact) mass is 539 g/mol. The highest BCUT2D eigenvalue weighted by Gasteiger charge is 2.21. The Morgan fingerprint density at radius 3 is 2.29 bits per heavy atom. The summed E-state index contributed by atoms with van der Waals surface area (Å²) in [4.78, 5) is 40.9. The SMILES string of the molecule is CCC(CC)OC(=O)c1ccc(C(=O)NS(=O)(=O)c2cccc(C(=O)NCCOc3ccccc3)c2)cn1. The maximum atomic E-state index is 12.8. The van der Waals surface area contributed by atoms with Crippen LogP contribution in [0.2, 0.25) is 0 Å². The summed E-state index contributed by atoms with van der Waals surface area (Å²) >= 11 is 0. The van der Waals surface area contributed by atoms with Gasteiger partial charge in [-0.1, -0.05) is 38.1 Å². The van der Waals surface area contributed by atoms with Gasteiger partial charge in [0.25, 0.3) is 21.8 Å². The topological polar surface area (TPSA) is 141 Å². The van der Waals surface area contributed by atoms with Crippen LogP contribution in [0.5, 0.6) is 5.75 Å². The molecule has 200 valence electrons. The molecule has 0 saturated carbocycles. The lowest BCUT2D eigenvalue weighted by molar-refractivity contribution is 0.0277. The van der Waals surface area contributed by atoms with Gasteiger partial charge < -0.3 is 14.8 Å². The van der Waals surface area contributed by atoms with E-state index in [-0.39, 0.29) is 41.0 Å². The summed E-state index contributed by atoms with van der Waals surface area (Å²) in [5.74, 6) is -1.40. The molecule has 0 aliphatic carbocycles. The van der Waals surface area contributed by atoms with E-state index in [1.807, 2.05) is 36.8 Å². The van der Waals surface area contributed by atoms with Crippen LogP contribution < -0.4 is 14.8 Å². The molecule has 0 radical (unpaired) electrons. The number of rotatable bonds is 12. The molecule has 0 saturated heterocycles. The number of carbonyl (C=O) groups is 3. The van der Waals surface area contributed by atoms with E-state index < -0.39 is 27.8 Å². The van der Waals surface area contributed by atoms with Gasteiger partial charge >= 0.3 is 5.97 Å². The lowest BCUT2D eigenvalue weighted by Gasteiger charge is -2.13. The minimum absolute atomic E-state index is 0.00388.